The summed E-state index contributed by atoms with van der Waals surface area (Å²) < 4.78 is 0. The molecule has 0 radical (unpaired) electrons. The Bertz CT molecular complexity index is 350. The highest BCUT2D eigenvalue weighted by Gasteiger charge is 2.36. The first-order chi connectivity index (χ1) is 7.22. The summed E-state index contributed by atoms with van der Waals surface area (Å²) in [4.78, 5) is 11.2. The first kappa shape index (κ1) is 10.4. The Labute approximate surface area is 91.5 Å². The molecule has 0 N–H and O–H groups in total. The van der Waals surface area contributed by atoms with Gasteiger partial charge in [0.05, 0.1) is 0 Å². The van der Waals surface area contributed by atoms with Gasteiger partial charge in [-0.1, -0.05) is 44.5 Å². The van der Waals surface area contributed by atoms with E-state index in [1.54, 1.807) is 0 Å². The summed E-state index contributed by atoms with van der Waals surface area (Å²) >= 11 is 0. The Morgan fingerprint density at radius 3 is 2.40 bits per heavy atom. The highest BCUT2D eigenvalue weighted by atomic mass is 16.1. The minimum absolute atomic E-state index is 0.238. The Morgan fingerprint density at radius 2 is 1.93 bits per heavy atom. The average Bonchev–Trinajstić information content (AvgIpc) is 2.27. The molecule has 2 atom stereocenters. The van der Waals surface area contributed by atoms with E-state index in [2.05, 4.69) is 31.2 Å². The largest absolute Gasteiger partial charge is 0.299 e. The van der Waals surface area contributed by atoms with Crippen LogP contribution in [0, 0.1) is 5.92 Å². The summed E-state index contributed by atoms with van der Waals surface area (Å²) in [5.41, 5.74) is 2.74. The molecule has 80 valence electrons. The SMILES string of the molecule is CCCc1ccc(C2CC(=O)C2C)cc1. The molecule has 0 aliphatic heterocycles. The fourth-order valence-corrected chi connectivity index (χ4v) is 2.27. The van der Waals surface area contributed by atoms with Crippen molar-refractivity contribution in [3.63, 3.8) is 0 Å². The van der Waals surface area contributed by atoms with Crippen LogP contribution in [0.3, 0.4) is 0 Å². The van der Waals surface area contributed by atoms with E-state index in [4.69, 9.17) is 0 Å². The third-order valence-electron chi connectivity index (χ3n) is 3.48. The van der Waals surface area contributed by atoms with Crippen LogP contribution < -0.4 is 0 Å². The molecule has 1 saturated carbocycles. The second-order valence-electron chi connectivity index (χ2n) is 4.56. The molecule has 0 heterocycles. The quantitative estimate of drug-likeness (QED) is 0.734. The Kier molecular flexibility index (Phi) is 2.90. The first-order valence-corrected chi connectivity index (χ1v) is 5.84. The van der Waals surface area contributed by atoms with E-state index >= 15 is 0 Å². The van der Waals surface area contributed by atoms with Crippen LogP contribution in [-0.2, 0) is 11.2 Å². The van der Waals surface area contributed by atoms with Crippen molar-refractivity contribution in [2.45, 2.75) is 39.0 Å². The molecule has 0 spiro atoms. The van der Waals surface area contributed by atoms with Crippen LogP contribution in [0.1, 0.15) is 43.7 Å². The van der Waals surface area contributed by atoms with Gasteiger partial charge in [-0.2, -0.15) is 0 Å². The van der Waals surface area contributed by atoms with E-state index < -0.39 is 0 Å². The summed E-state index contributed by atoms with van der Waals surface area (Å²) in [5, 5.41) is 0. The summed E-state index contributed by atoms with van der Waals surface area (Å²) in [5.74, 6) is 1.13. The van der Waals surface area contributed by atoms with Crippen molar-refractivity contribution in [2.75, 3.05) is 0 Å². The Balaban J connectivity index is 2.07. The van der Waals surface area contributed by atoms with Gasteiger partial charge in [-0.15, -0.1) is 0 Å². The molecule has 1 aliphatic carbocycles. The van der Waals surface area contributed by atoms with Gasteiger partial charge in [0, 0.05) is 18.3 Å². The predicted molar refractivity (Wildman–Crippen MR) is 62.0 cm³/mol. The fourth-order valence-electron chi connectivity index (χ4n) is 2.27. The van der Waals surface area contributed by atoms with Crippen LogP contribution in [0.4, 0.5) is 0 Å². The molecule has 0 bridgehead atoms. The molecule has 1 heteroatoms. The van der Waals surface area contributed by atoms with Gasteiger partial charge in [0.15, 0.2) is 0 Å². The topological polar surface area (TPSA) is 17.1 Å². The minimum atomic E-state index is 0.238. The van der Waals surface area contributed by atoms with E-state index in [0.717, 1.165) is 12.8 Å². The maximum Gasteiger partial charge on any atom is 0.136 e. The van der Waals surface area contributed by atoms with Gasteiger partial charge in [-0.05, 0) is 17.5 Å². The molecule has 15 heavy (non-hydrogen) atoms. The molecule has 1 aromatic rings. The summed E-state index contributed by atoms with van der Waals surface area (Å²) in [6.45, 7) is 4.23. The summed E-state index contributed by atoms with van der Waals surface area (Å²) in [6.07, 6.45) is 3.09. The van der Waals surface area contributed by atoms with Gasteiger partial charge in [-0.25, -0.2) is 0 Å². The zero-order valence-corrected chi connectivity index (χ0v) is 9.49. The molecule has 1 nitrogen and oxygen atoms in total. The molecule has 1 aromatic carbocycles. The van der Waals surface area contributed by atoms with Crippen LogP contribution in [0.15, 0.2) is 24.3 Å². The second kappa shape index (κ2) is 4.18. The predicted octanol–water partition coefficient (Wildman–Crippen LogP) is 3.33. The number of ketones is 1. The van der Waals surface area contributed by atoms with Gasteiger partial charge >= 0.3 is 0 Å². The summed E-state index contributed by atoms with van der Waals surface area (Å²) in [7, 11) is 0. The minimum Gasteiger partial charge on any atom is -0.299 e. The van der Waals surface area contributed by atoms with E-state index in [9.17, 15) is 4.79 Å². The van der Waals surface area contributed by atoms with Crippen molar-refractivity contribution in [1.29, 1.82) is 0 Å². The molecular weight excluding hydrogens is 184 g/mol. The maximum absolute atomic E-state index is 11.2. The van der Waals surface area contributed by atoms with Crippen molar-refractivity contribution in [1.82, 2.24) is 0 Å². The zero-order chi connectivity index (χ0) is 10.8. The number of carbonyl (C=O) groups is 1. The van der Waals surface area contributed by atoms with Crippen molar-refractivity contribution < 1.29 is 4.79 Å². The third kappa shape index (κ3) is 1.97. The van der Waals surface area contributed by atoms with Crippen LogP contribution >= 0.6 is 0 Å². The molecule has 0 aromatic heterocycles. The normalized spacial score (nSPS) is 25.1. The monoisotopic (exact) mass is 202 g/mol. The van der Waals surface area contributed by atoms with Gasteiger partial charge < -0.3 is 0 Å². The number of hydrogen-bond acceptors (Lipinski definition) is 1. The average molecular weight is 202 g/mol. The zero-order valence-electron chi connectivity index (χ0n) is 9.49. The maximum atomic E-state index is 11.2. The molecular formula is C14H18O. The van der Waals surface area contributed by atoms with Crippen molar-refractivity contribution >= 4 is 5.78 Å². The standard InChI is InChI=1S/C14H18O/c1-3-4-11-5-7-12(8-6-11)13-9-14(15)10(13)2/h5-8,10,13H,3-4,9H2,1-2H3. The molecule has 0 amide bonds. The lowest BCUT2D eigenvalue weighted by Gasteiger charge is -2.32. The second-order valence-corrected chi connectivity index (χ2v) is 4.56. The molecule has 1 aliphatic rings. The third-order valence-corrected chi connectivity index (χ3v) is 3.48. The highest BCUT2D eigenvalue weighted by molar-refractivity contribution is 5.88. The van der Waals surface area contributed by atoms with Crippen LogP contribution in [0.2, 0.25) is 0 Å². The highest BCUT2D eigenvalue weighted by Crippen LogP contribution is 2.39. The van der Waals surface area contributed by atoms with Crippen LogP contribution in [-0.4, -0.2) is 5.78 Å². The molecule has 0 saturated heterocycles. The smallest absolute Gasteiger partial charge is 0.136 e. The van der Waals surface area contributed by atoms with Crippen molar-refractivity contribution in [3.05, 3.63) is 35.4 Å². The van der Waals surface area contributed by atoms with E-state index in [1.807, 2.05) is 6.92 Å². The number of rotatable bonds is 3. The van der Waals surface area contributed by atoms with E-state index in [-0.39, 0.29) is 5.92 Å². The van der Waals surface area contributed by atoms with Crippen LogP contribution in [0.5, 0.6) is 0 Å². The Morgan fingerprint density at radius 1 is 1.27 bits per heavy atom. The lowest BCUT2D eigenvalue weighted by atomic mass is 9.70. The van der Waals surface area contributed by atoms with E-state index in [1.165, 1.54) is 17.5 Å². The Hall–Kier alpha value is -1.11. The van der Waals surface area contributed by atoms with Gasteiger partial charge in [-0.3, -0.25) is 4.79 Å². The van der Waals surface area contributed by atoms with E-state index in [0.29, 0.717) is 11.7 Å². The molecule has 2 unspecified atom stereocenters. The number of benzene rings is 1. The molecule has 2 rings (SSSR count). The number of hydrogen-bond donors (Lipinski definition) is 0. The molecule has 1 fully saturated rings. The number of Topliss-reactive ketones (excluding diaryl/α,β-unsaturated/α-hetero) is 1. The van der Waals surface area contributed by atoms with Crippen LogP contribution in [0.25, 0.3) is 0 Å². The lowest BCUT2D eigenvalue weighted by molar-refractivity contribution is -0.130. The van der Waals surface area contributed by atoms with Gasteiger partial charge in [0.1, 0.15) is 5.78 Å². The van der Waals surface area contributed by atoms with Crippen molar-refractivity contribution in [2.24, 2.45) is 5.92 Å². The lowest BCUT2D eigenvalue weighted by Crippen LogP contribution is -2.32. The first-order valence-electron chi connectivity index (χ1n) is 5.84. The summed E-state index contributed by atoms with van der Waals surface area (Å²) in [6, 6.07) is 8.79. The fraction of sp³-hybridized carbons (Fsp3) is 0.500. The van der Waals surface area contributed by atoms with Gasteiger partial charge in [0.25, 0.3) is 0 Å². The number of carbonyl (C=O) groups excluding carboxylic acids is 1. The van der Waals surface area contributed by atoms with Gasteiger partial charge in [0.2, 0.25) is 0 Å². The number of aryl methyl sites for hydroxylation is 1. The van der Waals surface area contributed by atoms with Crippen molar-refractivity contribution in [3.8, 4) is 0 Å².